The van der Waals surface area contributed by atoms with Gasteiger partial charge in [0.2, 0.25) is 5.96 Å². The van der Waals surface area contributed by atoms with Crippen LogP contribution in [0, 0.1) is 5.82 Å². The van der Waals surface area contributed by atoms with Gasteiger partial charge in [0.05, 0.1) is 16.8 Å². The zero-order chi connectivity index (χ0) is 11.4. The monoisotopic (exact) mass is 230 g/mol. The fraction of sp³-hybridized carbons (Fsp3) is 0. The highest BCUT2D eigenvalue weighted by atomic mass is 35.5. The molecule has 0 fully saturated rings. The number of rotatable bonds is 2. The third-order valence-corrected chi connectivity index (χ3v) is 1.76. The summed E-state index contributed by atoms with van der Waals surface area (Å²) in [7, 11) is 0. The van der Waals surface area contributed by atoms with Gasteiger partial charge in [-0.1, -0.05) is 11.6 Å². The maximum absolute atomic E-state index is 13.3. The molecule has 0 unspecified atom stereocenters. The number of hydrogen-bond acceptors (Lipinski definition) is 3. The maximum atomic E-state index is 13.3. The highest BCUT2D eigenvalue weighted by Crippen LogP contribution is 2.24. The number of phenols is 1. The van der Waals surface area contributed by atoms with Crippen LogP contribution < -0.4 is 11.5 Å². The van der Waals surface area contributed by atoms with Gasteiger partial charge in [0.1, 0.15) is 5.75 Å². The van der Waals surface area contributed by atoms with Crippen molar-refractivity contribution >= 4 is 23.8 Å². The fourth-order valence-corrected chi connectivity index (χ4v) is 0.997. The number of guanidine groups is 1. The van der Waals surface area contributed by atoms with Gasteiger partial charge in [-0.2, -0.15) is 5.10 Å². The molecule has 0 spiro atoms. The van der Waals surface area contributed by atoms with Gasteiger partial charge in [-0.3, -0.25) is 0 Å². The van der Waals surface area contributed by atoms with Gasteiger partial charge in [0.25, 0.3) is 0 Å². The molecule has 0 amide bonds. The number of benzene rings is 1. The summed E-state index contributed by atoms with van der Waals surface area (Å²) in [5.74, 6) is -1.36. The van der Waals surface area contributed by atoms with Crippen molar-refractivity contribution in [2.24, 2.45) is 21.7 Å². The second-order valence-electron chi connectivity index (χ2n) is 2.56. The molecular formula is C8H8ClFN4O. The SMILES string of the molecule is NC(N)=NN=Cc1c(O)ccc(Cl)c1F. The maximum Gasteiger partial charge on any atom is 0.211 e. The average molecular weight is 231 g/mol. The minimum atomic E-state index is -0.786. The van der Waals surface area contributed by atoms with Gasteiger partial charge < -0.3 is 16.6 Å². The lowest BCUT2D eigenvalue weighted by atomic mass is 10.2. The minimum absolute atomic E-state index is 0.126. The summed E-state index contributed by atoms with van der Waals surface area (Å²) in [5, 5.41) is 15.8. The lowest BCUT2D eigenvalue weighted by Gasteiger charge is -2.00. The van der Waals surface area contributed by atoms with Crippen molar-refractivity contribution in [2.45, 2.75) is 0 Å². The van der Waals surface area contributed by atoms with Crippen LogP contribution in [0.15, 0.2) is 22.3 Å². The third-order valence-electron chi connectivity index (χ3n) is 1.47. The van der Waals surface area contributed by atoms with E-state index in [9.17, 15) is 9.50 Å². The molecule has 0 saturated carbocycles. The molecule has 5 N–H and O–H groups in total. The van der Waals surface area contributed by atoms with Gasteiger partial charge in [0, 0.05) is 0 Å². The van der Waals surface area contributed by atoms with E-state index >= 15 is 0 Å². The van der Waals surface area contributed by atoms with Gasteiger partial charge >= 0.3 is 0 Å². The Morgan fingerprint density at radius 3 is 2.73 bits per heavy atom. The molecule has 0 aliphatic carbocycles. The molecule has 0 aliphatic heterocycles. The molecule has 0 heterocycles. The number of aromatic hydroxyl groups is 1. The molecule has 15 heavy (non-hydrogen) atoms. The minimum Gasteiger partial charge on any atom is -0.507 e. The predicted octanol–water partition coefficient (Wildman–Crippen LogP) is 0.792. The first-order chi connectivity index (χ1) is 7.02. The lowest BCUT2D eigenvalue weighted by Crippen LogP contribution is -2.21. The summed E-state index contributed by atoms with van der Waals surface area (Å²) in [6, 6.07) is 2.46. The Morgan fingerprint density at radius 2 is 2.13 bits per heavy atom. The van der Waals surface area contributed by atoms with Gasteiger partial charge in [-0.15, -0.1) is 5.10 Å². The smallest absolute Gasteiger partial charge is 0.211 e. The van der Waals surface area contributed by atoms with E-state index in [4.69, 9.17) is 23.1 Å². The molecule has 0 aromatic heterocycles. The summed E-state index contributed by atoms with van der Waals surface area (Å²) in [5.41, 5.74) is 9.81. The van der Waals surface area contributed by atoms with Crippen LogP contribution in [0.3, 0.4) is 0 Å². The Balaban J connectivity index is 3.09. The van der Waals surface area contributed by atoms with Crippen LogP contribution in [-0.4, -0.2) is 17.3 Å². The molecule has 0 aliphatic rings. The predicted molar refractivity (Wildman–Crippen MR) is 56.5 cm³/mol. The first-order valence-electron chi connectivity index (χ1n) is 3.81. The molecule has 0 atom stereocenters. The topological polar surface area (TPSA) is 97.0 Å². The van der Waals surface area contributed by atoms with Crippen LogP contribution in [0.25, 0.3) is 0 Å². The van der Waals surface area contributed by atoms with Crippen LogP contribution in [0.5, 0.6) is 5.75 Å². The van der Waals surface area contributed by atoms with E-state index in [1.807, 2.05) is 0 Å². The van der Waals surface area contributed by atoms with Crippen molar-refractivity contribution in [2.75, 3.05) is 0 Å². The molecule has 1 rings (SSSR count). The number of hydrogen-bond donors (Lipinski definition) is 3. The second kappa shape index (κ2) is 4.61. The van der Waals surface area contributed by atoms with Crippen molar-refractivity contribution in [1.29, 1.82) is 0 Å². The van der Waals surface area contributed by atoms with Crippen molar-refractivity contribution in [3.8, 4) is 5.75 Å². The Kier molecular flexibility index (Phi) is 3.46. The fourth-order valence-electron chi connectivity index (χ4n) is 0.832. The van der Waals surface area contributed by atoms with E-state index in [1.54, 1.807) is 0 Å². The summed E-state index contributed by atoms with van der Waals surface area (Å²) >= 11 is 5.49. The number of phenolic OH excluding ortho intramolecular Hbond substituents is 1. The van der Waals surface area contributed by atoms with Gasteiger partial charge in [0.15, 0.2) is 5.82 Å². The highest BCUT2D eigenvalue weighted by Gasteiger charge is 2.09. The molecule has 80 valence electrons. The average Bonchev–Trinajstić information content (AvgIpc) is 2.17. The van der Waals surface area contributed by atoms with Crippen molar-refractivity contribution in [3.63, 3.8) is 0 Å². The van der Waals surface area contributed by atoms with Crippen LogP contribution >= 0.6 is 11.6 Å². The molecule has 7 heteroatoms. The van der Waals surface area contributed by atoms with Crippen molar-refractivity contribution < 1.29 is 9.50 Å². The lowest BCUT2D eigenvalue weighted by molar-refractivity contribution is 0.468. The third kappa shape index (κ3) is 2.81. The first kappa shape index (κ1) is 11.3. The van der Waals surface area contributed by atoms with E-state index in [2.05, 4.69) is 10.2 Å². The molecule has 0 radical (unpaired) electrons. The molecule has 0 saturated heterocycles. The molecule has 1 aromatic carbocycles. The van der Waals surface area contributed by atoms with E-state index in [0.29, 0.717) is 0 Å². The van der Waals surface area contributed by atoms with E-state index in [0.717, 1.165) is 6.21 Å². The zero-order valence-corrected chi connectivity index (χ0v) is 8.24. The van der Waals surface area contributed by atoms with E-state index in [1.165, 1.54) is 12.1 Å². The summed E-state index contributed by atoms with van der Waals surface area (Å²) in [6.45, 7) is 0. The van der Waals surface area contributed by atoms with E-state index < -0.39 is 5.82 Å². The van der Waals surface area contributed by atoms with Gasteiger partial charge in [-0.25, -0.2) is 4.39 Å². The quantitative estimate of drug-likeness (QED) is 0.398. The van der Waals surface area contributed by atoms with Crippen LogP contribution in [0.2, 0.25) is 5.02 Å². The second-order valence-corrected chi connectivity index (χ2v) is 2.97. The summed E-state index contributed by atoms with van der Waals surface area (Å²) in [6.07, 6.45) is 0.969. The summed E-state index contributed by atoms with van der Waals surface area (Å²) in [4.78, 5) is 0. The van der Waals surface area contributed by atoms with E-state index in [-0.39, 0.29) is 22.3 Å². The van der Waals surface area contributed by atoms with Crippen LogP contribution in [0.1, 0.15) is 5.56 Å². The molecular weight excluding hydrogens is 223 g/mol. The number of halogens is 2. The summed E-state index contributed by atoms with van der Waals surface area (Å²) < 4.78 is 13.3. The standard InChI is InChI=1S/C8H8ClFN4O/c9-5-1-2-6(15)4(7(5)10)3-13-14-8(11)12/h1-3,15H,(H4,11,12,14). The molecule has 5 nitrogen and oxygen atoms in total. The Bertz CT molecular complexity index is 429. The largest absolute Gasteiger partial charge is 0.507 e. The van der Waals surface area contributed by atoms with Crippen molar-refractivity contribution in [1.82, 2.24) is 0 Å². The van der Waals surface area contributed by atoms with Crippen LogP contribution in [0.4, 0.5) is 4.39 Å². The molecule has 0 bridgehead atoms. The molecule has 1 aromatic rings. The first-order valence-corrected chi connectivity index (χ1v) is 4.19. The zero-order valence-electron chi connectivity index (χ0n) is 7.48. The Morgan fingerprint density at radius 1 is 1.47 bits per heavy atom. The Hall–Kier alpha value is -1.82. The number of nitrogens with two attached hydrogens (primary N) is 2. The van der Waals surface area contributed by atoms with Gasteiger partial charge in [-0.05, 0) is 12.1 Å². The normalized spacial score (nSPS) is 10.5. The van der Waals surface area contributed by atoms with Crippen LogP contribution in [-0.2, 0) is 0 Å². The number of nitrogens with zero attached hydrogens (tertiary/aromatic N) is 2. The van der Waals surface area contributed by atoms with Crippen molar-refractivity contribution in [3.05, 3.63) is 28.5 Å². The highest BCUT2D eigenvalue weighted by molar-refractivity contribution is 6.31. The Labute approximate surface area is 89.9 Å².